The lowest BCUT2D eigenvalue weighted by Gasteiger charge is -2.15. The van der Waals surface area contributed by atoms with Gasteiger partial charge in [0.05, 0.1) is 22.8 Å². The van der Waals surface area contributed by atoms with E-state index in [0.717, 1.165) is 177 Å². The number of H-pyrrole nitrogens is 2. The van der Waals surface area contributed by atoms with E-state index < -0.39 is 11.6 Å². The van der Waals surface area contributed by atoms with Crippen molar-refractivity contribution in [2.75, 3.05) is 0 Å². The van der Waals surface area contributed by atoms with Crippen LogP contribution in [0.3, 0.4) is 0 Å². The van der Waals surface area contributed by atoms with Gasteiger partial charge >= 0.3 is 0 Å². The molecule has 0 aliphatic heterocycles. The number of aryl methyl sites for hydroxylation is 8. The first-order valence-electron chi connectivity index (χ1n) is 41.0. The molecule has 29 rings (SSSR count). The summed E-state index contributed by atoms with van der Waals surface area (Å²) in [4.78, 5) is 67.4. The normalized spacial score (nSPS) is 12.9. The van der Waals surface area contributed by atoms with Crippen molar-refractivity contribution in [1.29, 1.82) is 0 Å². The van der Waals surface area contributed by atoms with Crippen molar-refractivity contribution in [3.05, 3.63) is 394 Å². The number of carbonyl (C=O) groups is 4. The van der Waals surface area contributed by atoms with Crippen molar-refractivity contribution < 1.29 is 19.2 Å². The fourth-order valence-electron chi connectivity index (χ4n) is 18.9. The molecular formula is C110H78N4O4. The fourth-order valence-corrected chi connectivity index (χ4v) is 18.9. The first-order valence-corrected chi connectivity index (χ1v) is 41.0. The predicted octanol–water partition coefficient (Wildman–Crippen LogP) is 26.4. The standard InChI is InChI=1S/C68H48N4.C24H14O2.C18H16O2/c1-3-14-50(15-4-1)63-65(55-37-35-49-33-31-45-20-9-21-47-34-36-54(55)62(49)59(45)47)71-67(69-63)56-38-41-12-7-13-42-27-29-44(19-8-18-43(56)28-26-41)57(39-42)68-70-64(51-16-5-2-6-17-51)66(72-68)58-40-52-24-10-22-46-30-32-48-23-11-25-53(58)61(48)60(46)52;25-23(17-6-2-1-3-7-17)24(26)20-14-18-10-4-8-15-12-13-16-9-5-11-19(20)22(16)21(15)18;19-11-17-9-13-1-2-14-4-6-16(18(10-14)12-20)8-7-15(17)5-3-13/h1-6,9-11,14-17,20-40H,7-8,12-13,18-19H2,(H,69,71)(H,70,72);1-14H;3-6,9-12H,1-2,7-8H2. The fraction of sp³-hybridized carbons (Fsp3) is 0.0909. The lowest BCUT2D eigenvalue weighted by atomic mass is 9.89. The molecule has 0 unspecified atom stereocenters. The van der Waals surface area contributed by atoms with Crippen LogP contribution in [0.1, 0.15) is 98.8 Å². The quantitative estimate of drug-likeness (QED) is 0.0575. The maximum atomic E-state index is 13.0. The van der Waals surface area contributed by atoms with Gasteiger partial charge in [0.1, 0.15) is 24.2 Å². The molecule has 0 fully saturated rings. The van der Waals surface area contributed by atoms with Gasteiger partial charge in [-0.25, -0.2) is 9.97 Å². The Balaban J connectivity index is 0.000000152. The van der Waals surface area contributed by atoms with Crippen molar-refractivity contribution in [2.45, 2.75) is 64.2 Å². The zero-order valence-corrected chi connectivity index (χ0v) is 64.9. The van der Waals surface area contributed by atoms with Crippen LogP contribution in [0.4, 0.5) is 0 Å². The predicted molar refractivity (Wildman–Crippen MR) is 485 cm³/mol. The molecule has 562 valence electrons. The summed E-state index contributed by atoms with van der Waals surface area (Å²) in [5.41, 5.74) is 23.2. The molecule has 8 nitrogen and oxygen atoms in total. The van der Waals surface area contributed by atoms with E-state index in [-0.39, 0.29) is 0 Å². The van der Waals surface area contributed by atoms with Crippen LogP contribution in [0.2, 0.25) is 0 Å². The molecule has 0 atom stereocenters. The number of hydrogen-bond acceptors (Lipinski definition) is 6. The van der Waals surface area contributed by atoms with E-state index >= 15 is 0 Å². The summed E-state index contributed by atoms with van der Waals surface area (Å²) in [5, 5.41) is 21.5. The lowest BCUT2D eigenvalue weighted by Crippen LogP contribution is -2.15. The average molecular weight is 1520 g/mol. The zero-order valence-electron chi connectivity index (χ0n) is 64.9. The first-order chi connectivity index (χ1) is 58.2. The van der Waals surface area contributed by atoms with Crippen LogP contribution in [0.5, 0.6) is 0 Å². The van der Waals surface area contributed by atoms with E-state index in [2.05, 4.69) is 247 Å². The molecule has 2 aromatic heterocycles. The van der Waals surface area contributed by atoms with Gasteiger partial charge in [0.2, 0.25) is 11.6 Å². The monoisotopic (exact) mass is 1520 g/mol. The minimum atomic E-state index is -0.472. The average Bonchev–Trinajstić information content (AvgIpc) is 1.12. The summed E-state index contributed by atoms with van der Waals surface area (Å²) < 4.78 is 0. The molecule has 2 N–H and O–H groups in total. The number of nitrogens with zero attached hydrogens (tertiary/aromatic N) is 2. The minimum absolute atomic E-state index is 0.419. The Morgan fingerprint density at radius 3 is 1.16 bits per heavy atom. The van der Waals surface area contributed by atoms with Crippen molar-refractivity contribution in [3.8, 4) is 67.8 Å². The van der Waals surface area contributed by atoms with Gasteiger partial charge in [-0.3, -0.25) is 19.2 Å². The molecule has 19 aromatic carbocycles. The van der Waals surface area contributed by atoms with E-state index in [9.17, 15) is 19.2 Å². The molecule has 0 saturated carbocycles. The molecule has 8 aliphatic rings. The molecule has 8 bridgehead atoms. The van der Waals surface area contributed by atoms with E-state index in [0.29, 0.717) is 11.1 Å². The van der Waals surface area contributed by atoms with Crippen molar-refractivity contribution in [3.63, 3.8) is 0 Å². The first kappa shape index (κ1) is 71.2. The summed E-state index contributed by atoms with van der Waals surface area (Å²) in [6, 6.07) is 115. The highest BCUT2D eigenvalue weighted by molar-refractivity contribution is 6.52. The Bertz CT molecular complexity index is 7450. The van der Waals surface area contributed by atoms with E-state index in [1.807, 2.05) is 66.7 Å². The van der Waals surface area contributed by atoms with Crippen LogP contribution in [0.25, 0.3) is 165 Å². The van der Waals surface area contributed by atoms with Crippen molar-refractivity contribution in [1.82, 2.24) is 19.9 Å². The van der Waals surface area contributed by atoms with Gasteiger partial charge in [0.15, 0.2) is 0 Å². The number of rotatable bonds is 11. The summed E-state index contributed by atoms with van der Waals surface area (Å²) in [5.74, 6) is 0.909. The largest absolute Gasteiger partial charge is 0.337 e. The summed E-state index contributed by atoms with van der Waals surface area (Å²) in [7, 11) is 0. The van der Waals surface area contributed by atoms with Crippen LogP contribution < -0.4 is 0 Å². The number of nitrogens with one attached hydrogen (secondary N) is 2. The second-order valence-electron chi connectivity index (χ2n) is 31.8. The number of aromatic amines is 2. The molecule has 8 heteroatoms. The number of aromatic nitrogens is 4. The maximum Gasteiger partial charge on any atom is 0.234 e. The molecule has 0 saturated heterocycles. The number of aldehydes is 2. The number of Topliss-reactive ketones (excluding diaryl/α,β-unsaturated/α-hetero) is 2. The summed E-state index contributed by atoms with van der Waals surface area (Å²) in [6.45, 7) is 0. The molecule has 8 aliphatic carbocycles. The van der Waals surface area contributed by atoms with E-state index in [1.165, 1.54) is 120 Å². The van der Waals surface area contributed by atoms with Gasteiger partial charge in [-0.2, -0.15) is 0 Å². The molecule has 2 heterocycles. The lowest BCUT2D eigenvalue weighted by molar-refractivity contribution is 0.0818. The van der Waals surface area contributed by atoms with Crippen LogP contribution in [0.15, 0.2) is 328 Å². The van der Waals surface area contributed by atoms with Gasteiger partial charge in [0, 0.05) is 55.6 Å². The molecular weight excluding hydrogens is 1440 g/mol. The molecule has 0 radical (unpaired) electrons. The maximum absolute atomic E-state index is 13.0. The molecule has 21 aromatic rings. The van der Waals surface area contributed by atoms with Crippen LogP contribution in [-0.4, -0.2) is 44.1 Å². The molecule has 0 amide bonds. The van der Waals surface area contributed by atoms with Crippen LogP contribution in [-0.2, 0) is 51.4 Å². The number of carbonyl (C=O) groups excluding carboxylic acids is 4. The van der Waals surface area contributed by atoms with E-state index in [1.54, 1.807) is 24.3 Å². The Hall–Kier alpha value is -14.6. The third kappa shape index (κ3) is 12.8. The number of benzene rings is 19. The molecule has 118 heavy (non-hydrogen) atoms. The highest BCUT2D eigenvalue weighted by atomic mass is 16.2. The minimum Gasteiger partial charge on any atom is -0.337 e. The Morgan fingerprint density at radius 2 is 0.653 bits per heavy atom. The van der Waals surface area contributed by atoms with Crippen molar-refractivity contribution >= 4 is 121 Å². The van der Waals surface area contributed by atoms with Gasteiger partial charge in [-0.15, -0.1) is 0 Å². The SMILES string of the molecule is O=C(C(=O)c1cc2cccc3ccc4cccc1c4c32)c1ccccc1.O=Cc1cc2ccc1CCc1ccc(cc1C=O)CC2.c1ccc(-c2nc(-c3cc4ccc3CCCc3ccc(cc3-c3nc(-c5ccccc5)c(-c5cc6cccc7ccc8cccc5c8c76)[nH]3)CCC4)[nH]c2-c2ccc3ccc4cccc5ccc2c3c45)cc1. The zero-order chi connectivity index (χ0) is 78.9. The Kier molecular flexibility index (Phi) is 18.1. The number of hydrogen-bond donors (Lipinski definition) is 2. The van der Waals surface area contributed by atoms with Gasteiger partial charge < -0.3 is 9.97 Å². The van der Waals surface area contributed by atoms with Gasteiger partial charge in [-0.1, -0.05) is 291 Å². The smallest absolute Gasteiger partial charge is 0.234 e. The van der Waals surface area contributed by atoms with Crippen molar-refractivity contribution in [2.24, 2.45) is 0 Å². The third-order valence-electron chi connectivity index (χ3n) is 24.8. The topological polar surface area (TPSA) is 126 Å². The van der Waals surface area contributed by atoms with Gasteiger partial charge in [-0.05, 0) is 242 Å². The van der Waals surface area contributed by atoms with Crippen LogP contribution in [0, 0.1) is 0 Å². The van der Waals surface area contributed by atoms with Crippen LogP contribution >= 0.6 is 0 Å². The van der Waals surface area contributed by atoms with E-state index in [4.69, 9.17) is 9.97 Å². The Labute approximate surface area is 682 Å². The Morgan fingerprint density at radius 1 is 0.271 bits per heavy atom. The second kappa shape index (κ2) is 30.0. The number of ketones is 2. The highest BCUT2D eigenvalue weighted by Crippen LogP contribution is 2.47. The summed E-state index contributed by atoms with van der Waals surface area (Å²) >= 11 is 0. The molecule has 0 spiro atoms. The second-order valence-corrected chi connectivity index (χ2v) is 31.8. The third-order valence-corrected chi connectivity index (χ3v) is 24.8. The highest BCUT2D eigenvalue weighted by Gasteiger charge is 2.27. The summed E-state index contributed by atoms with van der Waals surface area (Å²) in [6.07, 6.45) is 11.0. The van der Waals surface area contributed by atoms with Gasteiger partial charge in [0.25, 0.3) is 0 Å². The number of imidazole rings is 2.